The summed E-state index contributed by atoms with van der Waals surface area (Å²) >= 11 is 12.7. The Bertz CT molecular complexity index is 905. The molecular weight excluding hydrogens is 453 g/mol. The van der Waals surface area contributed by atoms with E-state index in [9.17, 15) is 4.79 Å². The molecule has 2 fully saturated rings. The number of carbonyl (C=O) groups is 1. The van der Waals surface area contributed by atoms with Crippen molar-refractivity contribution in [2.45, 2.75) is 52.2 Å². The van der Waals surface area contributed by atoms with Gasteiger partial charge in [0.05, 0.1) is 5.92 Å². The lowest BCUT2D eigenvalue weighted by Gasteiger charge is -2.32. The number of amides is 1. The molecule has 4 rings (SSSR count). The molecule has 1 N–H and O–H groups in total. The number of nitrogens with one attached hydrogen (secondary N) is 1. The van der Waals surface area contributed by atoms with Crippen LogP contribution in [-0.4, -0.2) is 41.9 Å². The van der Waals surface area contributed by atoms with Crippen molar-refractivity contribution in [1.82, 2.24) is 15.1 Å². The predicted octanol–water partition coefficient (Wildman–Crippen LogP) is 5.75. The van der Waals surface area contributed by atoms with Gasteiger partial charge in [0.25, 0.3) is 0 Å². The van der Waals surface area contributed by atoms with E-state index >= 15 is 0 Å². The monoisotopic (exact) mass is 487 g/mol. The zero-order chi connectivity index (χ0) is 23.2. The largest absolute Gasteiger partial charge is 0.352 e. The molecule has 0 aromatic heterocycles. The van der Waals surface area contributed by atoms with Crippen LogP contribution in [0.5, 0.6) is 0 Å². The number of likely N-dealkylation sites (tertiary alicyclic amines) is 2. The summed E-state index contributed by atoms with van der Waals surface area (Å²) < 4.78 is 0. The zero-order valence-corrected chi connectivity index (χ0v) is 21.0. The highest BCUT2D eigenvalue weighted by atomic mass is 35.5. The highest BCUT2D eigenvalue weighted by Gasteiger charge is 2.26. The van der Waals surface area contributed by atoms with E-state index in [1.807, 2.05) is 18.2 Å². The molecular formula is C27H35Cl2N3O. The number of nitrogens with zero attached hydrogens (tertiary/aromatic N) is 2. The van der Waals surface area contributed by atoms with Gasteiger partial charge in [-0.15, -0.1) is 0 Å². The van der Waals surface area contributed by atoms with Gasteiger partial charge in [-0.2, -0.15) is 0 Å². The quantitative estimate of drug-likeness (QED) is 0.539. The summed E-state index contributed by atoms with van der Waals surface area (Å²) in [6.45, 7) is 8.71. The van der Waals surface area contributed by atoms with Gasteiger partial charge in [-0.3, -0.25) is 14.6 Å². The molecule has 2 saturated heterocycles. The lowest BCUT2D eigenvalue weighted by Crippen LogP contribution is -2.42. The van der Waals surface area contributed by atoms with Crippen LogP contribution in [0.4, 0.5) is 0 Å². The van der Waals surface area contributed by atoms with Crippen molar-refractivity contribution in [2.24, 2.45) is 11.8 Å². The Morgan fingerprint density at radius 1 is 0.909 bits per heavy atom. The molecule has 0 aliphatic carbocycles. The van der Waals surface area contributed by atoms with E-state index < -0.39 is 0 Å². The van der Waals surface area contributed by atoms with Gasteiger partial charge < -0.3 is 5.32 Å². The summed E-state index contributed by atoms with van der Waals surface area (Å²) in [6, 6.07) is 14.3. The van der Waals surface area contributed by atoms with Gasteiger partial charge in [-0.05, 0) is 74.5 Å². The summed E-state index contributed by atoms with van der Waals surface area (Å²) in [6.07, 6.45) is 4.53. The number of hydrogen-bond acceptors (Lipinski definition) is 3. The minimum Gasteiger partial charge on any atom is -0.352 e. The predicted molar refractivity (Wildman–Crippen MR) is 136 cm³/mol. The molecule has 1 amide bonds. The zero-order valence-electron chi connectivity index (χ0n) is 19.5. The number of hydrogen-bond donors (Lipinski definition) is 1. The third-order valence-electron chi connectivity index (χ3n) is 7.09. The van der Waals surface area contributed by atoms with Gasteiger partial charge in [0.15, 0.2) is 0 Å². The molecule has 1 unspecified atom stereocenters. The Kier molecular flexibility index (Phi) is 8.70. The molecule has 0 radical (unpaired) electrons. The SMILES string of the molecule is CC1CCN(Cc2ccc(CNC(=O)C3CCCN(Cc4c(Cl)cccc4Cl)C3)cc2)CC1. The first-order valence-corrected chi connectivity index (χ1v) is 13.0. The van der Waals surface area contributed by atoms with E-state index in [0.717, 1.165) is 49.5 Å². The molecule has 6 heteroatoms. The highest BCUT2D eigenvalue weighted by Crippen LogP contribution is 2.28. The third kappa shape index (κ3) is 6.95. The Morgan fingerprint density at radius 3 is 2.27 bits per heavy atom. The highest BCUT2D eigenvalue weighted by molar-refractivity contribution is 6.35. The Balaban J connectivity index is 1.24. The second kappa shape index (κ2) is 11.7. The fourth-order valence-corrected chi connectivity index (χ4v) is 5.41. The number of piperidine rings is 2. The first kappa shape index (κ1) is 24.5. The molecule has 4 nitrogen and oxygen atoms in total. The van der Waals surface area contributed by atoms with Crippen LogP contribution < -0.4 is 5.32 Å². The van der Waals surface area contributed by atoms with Gasteiger partial charge in [0.1, 0.15) is 0 Å². The average Bonchev–Trinajstić information content (AvgIpc) is 2.82. The van der Waals surface area contributed by atoms with Gasteiger partial charge in [-0.25, -0.2) is 0 Å². The number of rotatable bonds is 7. The standard InChI is InChI=1S/C27H35Cl2N3O/c1-20-11-14-31(15-12-20)17-22-9-7-21(8-10-22)16-30-27(33)23-4-3-13-32(18-23)19-24-25(28)5-2-6-26(24)29/h2,5-10,20,23H,3-4,11-19H2,1H3,(H,30,33). The lowest BCUT2D eigenvalue weighted by atomic mass is 9.96. The second-order valence-electron chi connectivity index (χ2n) is 9.77. The molecule has 2 aromatic rings. The van der Waals surface area contributed by atoms with Gasteiger partial charge in [0.2, 0.25) is 5.91 Å². The van der Waals surface area contributed by atoms with Gasteiger partial charge in [-0.1, -0.05) is 60.5 Å². The van der Waals surface area contributed by atoms with Crippen LogP contribution in [0.2, 0.25) is 10.0 Å². The molecule has 2 heterocycles. The summed E-state index contributed by atoms with van der Waals surface area (Å²) in [5, 5.41) is 4.53. The van der Waals surface area contributed by atoms with Crippen molar-refractivity contribution < 1.29 is 4.79 Å². The smallest absolute Gasteiger partial charge is 0.224 e. The topological polar surface area (TPSA) is 35.6 Å². The van der Waals surface area contributed by atoms with Crippen molar-refractivity contribution in [2.75, 3.05) is 26.2 Å². The Labute approximate surface area is 208 Å². The lowest BCUT2D eigenvalue weighted by molar-refractivity contribution is -0.126. The van der Waals surface area contributed by atoms with Crippen LogP contribution in [0.1, 0.15) is 49.3 Å². The van der Waals surface area contributed by atoms with Crippen molar-refractivity contribution in [3.63, 3.8) is 0 Å². The van der Waals surface area contributed by atoms with Crippen LogP contribution in [0, 0.1) is 11.8 Å². The van der Waals surface area contributed by atoms with E-state index in [1.54, 1.807) is 0 Å². The van der Waals surface area contributed by atoms with E-state index in [4.69, 9.17) is 23.2 Å². The van der Waals surface area contributed by atoms with E-state index in [1.165, 1.54) is 31.5 Å². The van der Waals surface area contributed by atoms with E-state index in [-0.39, 0.29) is 11.8 Å². The average molecular weight is 489 g/mol. The molecule has 178 valence electrons. The van der Waals surface area contributed by atoms with Crippen LogP contribution in [0.15, 0.2) is 42.5 Å². The molecule has 1 atom stereocenters. The normalized spacial score (nSPS) is 20.6. The molecule has 0 bridgehead atoms. The minimum absolute atomic E-state index is 0.000722. The van der Waals surface area contributed by atoms with Crippen LogP contribution in [-0.2, 0) is 24.4 Å². The Morgan fingerprint density at radius 2 is 1.58 bits per heavy atom. The number of benzene rings is 2. The molecule has 0 saturated carbocycles. The molecule has 33 heavy (non-hydrogen) atoms. The molecule has 2 aromatic carbocycles. The summed E-state index contributed by atoms with van der Waals surface area (Å²) in [5.41, 5.74) is 3.44. The molecule has 0 spiro atoms. The maximum Gasteiger partial charge on any atom is 0.224 e. The first-order valence-electron chi connectivity index (χ1n) is 12.2. The van der Waals surface area contributed by atoms with Crippen LogP contribution in [0.3, 0.4) is 0 Å². The van der Waals surface area contributed by atoms with Crippen molar-refractivity contribution in [1.29, 1.82) is 0 Å². The van der Waals surface area contributed by atoms with Crippen LogP contribution in [0.25, 0.3) is 0 Å². The maximum absolute atomic E-state index is 12.9. The summed E-state index contributed by atoms with van der Waals surface area (Å²) in [7, 11) is 0. The summed E-state index contributed by atoms with van der Waals surface area (Å²) in [4.78, 5) is 17.7. The minimum atomic E-state index is 0.000722. The fraction of sp³-hybridized carbons (Fsp3) is 0.519. The van der Waals surface area contributed by atoms with Gasteiger partial charge in [0, 0.05) is 41.8 Å². The van der Waals surface area contributed by atoms with E-state index in [0.29, 0.717) is 23.1 Å². The second-order valence-corrected chi connectivity index (χ2v) is 10.6. The molecule has 2 aliphatic heterocycles. The molecule has 2 aliphatic rings. The van der Waals surface area contributed by atoms with Crippen molar-refractivity contribution in [3.8, 4) is 0 Å². The Hall–Kier alpha value is -1.59. The summed E-state index contributed by atoms with van der Waals surface area (Å²) in [5.74, 6) is 0.995. The van der Waals surface area contributed by atoms with Crippen LogP contribution >= 0.6 is 23.2 Å². The van der Waals surface area contributed by atoms with Crippen molar-refractivity contribution >= 4 is 29.1 Å². The van der Waals surface area contributed by atoms with Crippen molar-refractivity contribution in [3.05, 3.63) is 69.2 Å². The fourth-order valence-electron chi connectivity index (χ4n) is 4.89. The van der Waals surface area contributed by atoms with Gasteiger partial charge >= 0.3 is 0 Å². The third-order valence-corrected chi connectivity index (χ3v) is 7.80. The number of halogens is 2. The maximum atomic E-state index is 12.9. The van der Waals surface area contributed by atoms with E-state index in [2.05, 4.69) is 46.3 Å². The number of carbonyl (C=O) groups excluding carboxylic acids is 1. The first-order chi connectivity index (χ1) is 16.0.